The molecule has 0 aliphatic heterocycles. The lowest BCUT2D eigenvalue weighted by molar-refractivity contribution is -0.142. The van der Waals surface area contributed by atoms with Gasteiger partial charge in [-0.3, -0.25) is 9.59 Å². The van der Waals surface area contributed by atoms with Crippen molar-refractivity contribution < 1.29 is 14.3 Å². The normalized spacial score (nSPS) is 12.0. The summed E-state index contributed by atoms with van der Waals surface area (Å²) in [6, 6.07) is 13.2. The topological polar surface area (TPSA) is 58.6 Å². The van der Waals surface area contributed by atoms with Crippen molar-refractivity contribution >= 4 is 27.7 Å². The zero-order chi connectivity index (χ0) is 23.8. The second-order valence-corrected chi connectivity index (χ2v) is 9.81. The molecule has 0 unspecified atom stereocenters. The van der Waals surface area contributed by atoms with Gasteiger partial charge in [-0.15, -0.1) is 0 Å². The Morgan fingerprint density at radius 3 is 2.38 bits per heavy atom. The van der Waals surface area contributed by atoms with E-state index in [1.165, 1.54) is 5.56 Å². The van der Waals surface area contributed by atoms with E-state index in [2.05, 4.69) is 35.1 Å². The predicted octanol–water partition coefficient (Wildman–Crippen LogP) is 5.45. The molecule has 0 aromatic heterocycles. The highest BCUT2D eigenvalue weighted by Crippen LogP contribution is 2.29. The van der Waals surface area contributed by atoms with E-state index in [0.29, 0.717) is 30.7 Å². The monoisotopic (exact) mass is 502 g/mol. The van der Waals surface area contributed by atoms with Crippen molar-refractivity contribution in [3.05, 3.63) is 63.6 Å². The number of aryl methyl sites for hydroxylation is 1. The molecule has 174 valence electrons. The van der Waals surface area contributed by atoms with Gasteiger partial charge in [0.1, 0.15) is 11.8 Å². The van der Waals surface area contributed by atoms with Gasteiger partial charge >= 0.3 is 0 Å². The number of nitrogens with zero attached hydrogens (tertiary/aromatic N) is 1. The maximum Gasteiger partial charge on any atom is 0.261 e. The molecule has 5 nitrogen and oxygen atoms in total. The number of benzene rings is 2. The van der Waals surface area contributed by atoms with Crippen molar-refractivity contribution in [3.8, 4) is 5.75 Å². The fourth-order valence-corrected chi connectivity index (χ4v) is 3.77. The second-order valence-electron chi connectivity index (χ2n) is 8.96. The first kappa shape index (κ1) is 25.9. The molecule has 0 radical (unpaired) electrons. The summed E-state index contributed by atoms with van der Waals surface area (Å²) in [7, 11) is 0. The van der Waals surface area contributed by atoms with E-state index in [1.807, 2.05) is 63.2 Å². The van der Waals surface area contributed by atoms with Crippen molar-refractivity contribution in [2.45, 2.75) is 60.0 Å². The lowest BCUT2D eigenvalue weighted by Crippen LogP contribution is -2.49. The Hall–Kier alpha value is -2.34. The molecule has 1 N–H and O–H groups in total. The first-order valence-electron chi connectivity index (χ1n) is 11.1. The van der Waals surface area contributed by atoms with Crippen LogP contribution < -0.4 is 10.1 Å². The summed E-state index contributed by atoms with van der Waals surface area (Å²) in [4.78, 5) is 27.5. The average molecular weight is 503 g/mol. The Morgan fingerprint density at radius 1 is 1.06 bits per heavy atom. The van der Waals surface area contributed by atoms with Crippen molar-refractivity contribution in [1.82, 2.24) is 10.2 Å². The van der Waals surface area contributed by atoms with Crippen LogP contribution in [0.5, 0.6) is 5.75 Å². The Kier molecular flexibility index (Phi) is 9.76. The summed E-state index contributed by atoms with van der Waals surface area (Å²) >= 11 is 3.54. The summed E-state index contributed by atoms with van der Waals surface area (Å²) in [5, 5.41) is 2.93. The quantitative estimate of drug-likeness (QED) is 0.469. The molecule has 0 fully saturated rings. The predicted molar refractivity (Wildman–Crippen MR) is 133 cm³/mol. The number of ether oxygens (including phenoxy) is 1. The van der Waals surface area contributed by atoms with E-state index >= 15 is 0 Å². The lowest BCUT2D eigenvalue weighted by atomic mass is 10.0. The zero-order valence-electron chi connectivity index (χ0n) is 19.9. The number of carbonyl (C=O) groups excluding carboxylic acids is 2. The van der Waals surface area contributed by atoms with E-state index in [-0.39, 0.29) is 18.4 Å². The third-order valence-electron chi connectivity index (χ3n) is 5.26. The van der Waals surface area contributed by atoms with Gasteiger partial charge in [0, 0.05) is 13.1 Å². The van der Waals surface area contributed by atoms with Crippen LogP contribution in [-0.4, -0.2) is 35.9 Å². The molecule has 6 heteroatoms. The Morgan fingerprint density at radius 2 is 1.78 bits per heavy atom. The Balaban J connectivity index is 2.16. The van der Waals surface area contributed by atoms with Crippen molar-refractivity contribution in [2.24, 2.45) is 5.92 Å². The smallest absolute Gasteiger partial charge is 0.261 e. The fourth-order valence-electron chi connectivity index (χ4n) is 3.26. The van der Waals surface area contributed by atoms with E-state index < -0.39 is 6.04 Å². The number of nitrogens with one attached hydrogen (secondary N) is 1. The molecular weight excluding hydrogens is 468 g/mol. The first-order chi connectivity index (χ1) is 15.1. The highest BCUT2D eigenvalue weighted by molar-refractivity contribution is 9.10. The van der Waals surface area contributed by atoms with Crippen LogP contribution in [-0.2, 0) is 16.1 Å². The molecule has 0 saturated carbocycles. The van der Waals surface area contributed by atoms with Crippen LogP contribution in [0.1, 0.15) is 57.2 Å². The minimum absolute atomic E-state index is 0.146. The summed E-state index contributed by atoms with van der Waals surface area (Å²) in [6.45, 7) is 12.9. The molecule has 1 atom stereocenters. The van der Waals surface area contributed by atoms with Crippen LogP contribution in [0, 0.1) is 12.8 Å². The van der Waals surface area contributed by atoms with Crippen LogP contribution in [0.2, 0.25) is 0 Å². The lowest BCUT2D eigenvalue weighted by Gasteiger charge is -2.29. The highest BCUT2D eigenvalue weighted by atomic mass is 79.9. The molecule has 0 aliphatic rings. The average Bonchev–Trinajstić information content (AvgIpc) is 2.74. The van der Waals surface area contributed by atoms with Crippen LogP contribution >= 0.6 is 15.9 Å². The van der Waals surface area contributed by atoms with E-state index in [9.17, 15) is 9.59 Å². The summed E-state index contributed by atoms with van der Waals surface area (Å²) in [5.74, 6) is 0.939. The van der Waals surface area contributed by atoms with E-state index in [1.54, 1.807) is 11.8 Å². The van der Waals surface area contributed by atoms with Crippen molar-refractivity contribution in [1.29, 1.82) is 0 Å². The van der Waals surface area contributed by atoms with Crippen LogP contribution in [0.15, 0.2) is 46.9 Å². The van der Waals surface area contributed by atoms with E-state index in [4.69, 9.17) is 4.74 Å². The van der Waals surface area contributed by atoms with Gasteiger partial charge in [-0.25, -0.2) is 0 Å². The number of amides is 2. The summed E-state index contributed by atoms with van der Waals surface area (Å²) in [6.07, 6.45) is 0. The molecule has 0 bridgehead atoms. The largest absolute Gasteiger partial charge is 0.483 e. The van der Waals surface area contributed by atoms with Gasteiger partial charge in [0.15, 0.2) is 6.61 Å². The fraction of sp³-hybridized carbons (Fsp3) is 0.462. The van der Waals surface area contributed by atoms with Gasteiger partial charge in [0.05, 0.1) is 4.47 Å². The highest BCUT2D eigenvalue weighted by Gasteiger charge is 2.26. The third-order valence-corrected chi connectivity index (χ3v) is 5.88. The standard InChI is InChI=1S/C26H35BrN2O3/c1-17(2)14-28-26(31)20(6)29(15-21-9-7-8-19(5)12-21)25(30)16-32-24-11-10-22(18(3)4)13-23(24)27/h7-13,17-18,20H,14-16H2,1-6H3,(H,28,31)/t20-/m1/s1. The van der Waals surface area contributed by atoms with Crippen LogP contribution in [0.3, 0.4) is 0 Å². The zero-order valence-corrected chi connectivity index (χ0v) is 21.5. The molecule has 2 aromatic rings. The van der Waals surface area contributed by atoms with Gasteiger partial charge in [0.2, 0.25) is 5.91 Å². The molecule has 0 spiro atoms. The molecule has 2 aromatic carbocycles. The molecule has 0 saturated heterocycles. The Labute approximate surface area is 200 Å². The van der Waals surface area contributed by atoms with Gasteiger partial charge in [-0.2, -0.15) is 0 Å². The summed E-state index contributed by atoms with van der Waals surface area (Å²) < 4.78 is 6.64. The van der Waals surface area contributed by atoms with E-state index in [0.717, 1.165) is 15.6 Å². The maximum atomic E-state index is 13.2. The third kappa shape index (κ3) is 7.66. The van der Waals surface area contributed by atoms with Crippen molar-refractivity contribution in [3.63, 3.8) is 0 Å². The molecule has 32 heavy (non-hydrogen) atoms. The molecule has 2 rings (SSSR count). The van der Waals surface area contributed by atoms with Gasteiger partial charge in [0.25, 0.3) is 5.91 Å². The van der Waals surface area contributed by atoms with Crippen LogP contribution in [0.25, 0.3) is 0 Å². The van der Waals surface area contributed by atoms with Crippen molar-refractivity contribution in [2.75, 3.05) is 13.2 Å². The minimum Gasteiger partial charge on any atom is -0.483 e. The first-order valence-corrected chi connectivity index (χ1v) is 11.9. The minimum atomic E-state index is -0.614. The second kappa shape index (κ2) is 12.0. The molecular formula is C26H35BrN2O3. The van der Waals surface area contributed by atoms with Crippen LogP contribution in [0.4, 0.5) is 0 Å². The molecule has 0 heterocycles. The number of hydrogen-bond donors (Lipinski definition) is 1. The SMILES string of the molecule is Cc1cccc(CN(C(=O)COc2ccc(C(C)C)cc2Br)[C@H](C)C(=O)NCC(C)C)c1. The van der Waals surface area contributed by atoms with Gasteiger partial charge in [-0.05, 0) is 64.9 Å². The molecule has 0 aliphatic carbocycles. The number of carbonyl (C=O) groups is 2. The number of rotatable bonds is 10. The van der Waals surface area contributed by atoms with Gasteiger partial charge < -0.3 is 15.0 Å². The number of halogens is 1. The molecule has 2 amide bonds. The number of hydrogen-bond acceptors (Lipinski definition) is 3. The van der Waals surface area contributed by atoms with Gasteiger partial charge in [-0.1, -0.05) is 63.6 Å². The maximum absolute atomic E-state index is 13.2. The summed E-state index contributed by atoms with van der Waals surface area (Å²) in [5.41, 5.74) is 3.27. The Bertz CT molecular complexity index is 927.